The Morgan fingerprint density at radius 3 is 3.29 bits per heavy atom. The highest BCUT2D eigenvalue weighted by atomic mass is 15.3. The number of azide groups is 1. The summed E-state index contributed by atoms with van der Waals surface area (Å²) in [4.78, 5) is 4.88. The Bertz CT molecular complexity index is 344. The maximum Gasteiger partial charge on any atom is 0.151 e. The molecule has 1 atom stereocenters. The van der Waals surface area contributed by atoms with Crippen molar-refractivity contribution < 1.29 is 0 Å². The van der Waals surface area contributed by atoms with Crippen LogP contribution >= 0.6 is 0 Å². The molecule has 0 saturated carbocycles. The smallest absolute Gasteiger partial charge is 0.151 e. The molecule has 0 bridgehead atoms. The van der Waals surface area contributed by atoms with Crippen molar-refractivity contribution in [1.82, 2.24) is 10.2 Å². The third kappa shape index (κ3) is 1.75. The number of hydrogen-bond acceptors (Lipinski definition) is 4. The van der Waals surface area contributed by atoms with Crippen LogP contribution in [0.25, 0.3) is 10.4 Å². The Kier molecular flexibility index (Phi) is 2.46. The molecule has 1 fully saturated rings. The number of rotatable bonds is 2. The summed E-state index contributed by atoms with van der Waals surface area (Å²) in [6, 6.07) is 3.83. The van der Waals surface area contributed by atoms with Gasteiger partial charge in [0.2, 0.25) is 0 Å². The minimum absolute atomic E-state index is 0.0713. The fraction of sp³-hybridized carbons (Fsp3) is 0.500. The maximum atomic E-state index is 8.30. The molecule has 0 aromatic carbocycles. The third-order valence-corrected chi connectivity index (χ3v) is 2.26. The fourth-order valence-electron chi connectivity index (χ4n) is 1.58. The van der Waals surface area contributed by atoms with Gasteiger partial charge in [0, 0.05) is 24.2 Å². The normalized spacial score (nSPS) is 20.6. The predicted octanol–water partition coefficient (Wildman–Crippen LogP) is 1.37. The molecule has 1 unspecified atom stereocenters. The van der Waals surface area contributed by atoms with E-state index >= 15 is 0 Å². The average Bonchev–Trinajstić information content (AvgIpc) is 2.68. The number of nitrogens with zero attached hydrogens (tertiary/aromatic N) is 6. The Morgan fingerprint density at radius 2 is 2.57 bits per heavy atom. The summed E-state index contributed by atoms with van der Waals surface area (Å²) in [5, 5.41) is 11.5. The topological polar surface area (TPSA) is 77.8 Å². The van der Waals surface area contributed by atoms with Crippen LogP contribution in [0.15, 0.2) is 23.4 Å². The van der Waals surface area contributed by atoms with Crippen LogP contribution in [0.4, 0.5) is 5.82 Å². The van der Waals surface area contributed by atoms with Gasteiger partial charge in [0.25, 0.3) is 0 Å². The summed E-state index contributed by atoms with van der Waals surface area (Å²) in [5.41, 5.74) is 8.30. The number of hydrogen-bond donors (Lipinski definition) is 0. The zero-order chi connectivity index (χ0) is 9.80. The van der Waals surface area contributed by atoms with E-state index in [9.17, 15) is 0 Å². The molecular weight excluding hydrogens is 180 g/mol. The van der Waals surface area contributed by atoms with Gasteiger partial charge in [-0.25, -0.2) is 0 Å². The van der Waals surface area contributed by atoms with Gasteiger partial charge in [-0.15, -0.1) is 5.10 Å². The molecule has 1 aliphatic rings. The van der Waals surface area contributed by atoms with E-state index in [0.29, 0.717) is 0 Å². The number of anilines is 1. The molecule has 1 saturated heterocycles. The first-order valence-electron chi connectivity index (χ1n) is 4.47. The van der Waals surface area contributed by atoms with Gasteiger partial charge in [0.05, 0.1) is 6.04 Å². The van der Waals surface area contributed by atoms with E-state index < -0.39 is 0 Å². The van der Waals surface area contributed by atoms with Crippen molar-refractivity contribution in [3.63, 3.8) is 0 Å². The molecule has 0 N–H and O–H groups in total. The summed E-state index contributed by atoms with van der Waals surface area (Å²) in [6.45, 7) is 1.62. The zero-order valence-corrected chi connectivity index (χ0v) is 7.61. The first-order chi connectivity index (χ1) is 6.90. The van der Waals surface area contributed by atoms with E-state index in [2.05, 4.69) is 25.1 Å². The summed E-state index contributed by atoms with van der Waals surface area (Å²) in [7, 11) is 0. The quantitative estimate of drug-likeness (QED) is 0.401. The lowest BCUT2D eigenvalue weighted by Crippen LogP contribution is -2.21. The predicted molar refractivity (Wildman–Crippen MR) is 51.8 cm³/mol. The van der Waals surface area contributed by atoms with Gasteiger partial charge in [-0.05, 0) is 24.1 Å². The van der Waals surface area contributed by atoms with Crippen LogP contribution in [0.2, 0.25) is 0 Å². The highest BCUT2D eigenvalue weighted by molar-refractivity contribution is 5.38. The first-order valence-corrected chi connectivity index (χ1v) is 4.47. The van der Waals surface area contributed by atoms with Crippen LogP contribution in [0, 0.1) is 0 Å². The van der Waals surface area contributed by atoms with Gasteiger partial charge in [-0.1, -0.05) is 5.11 Å². The standard InChI is InChI=1S/C8H10N6/c9-13-11-7-3-5-14(6-7)8-2-1-4-10-12-8/h1-2,4,7H,3,5-6H2. The molecule has 6 heteroatoms. The molecule has 1 aromatic rings. The second-order valence-corrected chi connectivity index (χ2v) is 3.18. The summed E-state index contributed by atoms with van der Waals surface area (Å²) < 4.78 is 0. The van der Waals surface area contributed by atoms with Crippen LogP contribution < -0.4 is 4.90 Å². The Labute approximate surface area is 81.2 Å². The zero-order valence-electron chi connectivity index (χ0n) is 7.61. The molecule has 6 nitrogen and oxygen atoms in total. The Balaban J connectivity index is 2.06. The largest absolute Gasteiger partial charge is 0.355 e. The molecule has 0 spiro atoms. The van der Waals surface area contributed by atoms with Gasteiger partial charge >= 0.3 is 0 Å². The van der Waals surface area contributed by atoms with Crippen molar-refractivity contribution in [3.05, 3.63) is 28.8 Å². The van der Waals surface area contributed by atoms with Crippen LogP contribution in [0.1, 0.15) is 6.42 Å². The molecule has 2 rings (SSSR count). The van der Waals surface area contributed by atoms with Crippen molar-refractivity contribution in [2.75, 3.05) is 18.0 Å². The lowest BCUT2D eigenvalue weighted by atomic mass is 10.3. The van der Waals surface area contributed by atoms with Crippen LogP contribution in [-0.4, -0.2) is 29.3 Å². The fourth-order valence-corrected chi connectivity index (χ4v) is 1.58. The van der Waals surface area contributed by atoms with Crippen molar-refractivity contribution >= 4 is 5.82 Å². The summed E-state index contributed by atoms with van der Waals surface area (Å²) in [5.74, 6) is 0.850. The average molecular weight is 190 g/mol. The lowest BCUT2D eigenvalue weighted by Gasteiger charge is -2.14. The third-order valence-electron chi connectivity index (χ3n) is 2.26. The van der Waals surface area contributed by atoms with E-state index in [-0.39, 0.29) is 6.04 Å². The van der Waals surface area contributed by atoms with Gasteiger partial charge in [0.15, 0.2) is 5.82 Å². The second-order valence-electron chi connectivity index (χ2n) is 3.18. The SMILES string of the molecule is [N-]=[N+]=NC1CCN(c2cccnn2)C1. The molecule has 0 amide bonds. The lowest BCUT2D eigenvalue weighted by molar-refractivity contribution is 0.743. The van der Waals surface area contributed by atoms with Gasteiger partial charge in [0.1, 0.15) is 0 Å². The van der Waals surface area contributed by atoms with Crippen molar-refractivity contribution in [1.29, 1.82) is 0 Å². The van der Waals surface area contributed by atoms with Crippen LogP contribution in [-0.2, 0) is 0 Å². The monoisotopic (exact) mass is 190 g/mol. The van der Waals surface area contributed by atoms with Crippen molar-refractivity contribution in [3.8, 4) is 0 Å². The van der Waals surface area contributed by atoms with E-state index in [0.717, 1.165) is 25.3 Å². The molecular formula is C8H10N6. The Hall–Kier alpha value is -1.81. The van der Waals surface area contributed by atoms with E-state index in [4.69, 9.17) is 5.53 Å². The molecule has 0 radical (unpaired) electrons. The van der Waals surface area contributed by atoms with Crippen LogP contribution in [0.3, 0.4) is 0 Å². The first kappa shape index (κ1) is 8.77. The van der Waals surface area contributed by atoms with E-state index in [1.165, 1.54) is 0 Å². The number of aromatic nitrogens is 2. The molecule has 72 valence electrons. The maximum absolute atomic E-state index is 8.30. The summed E-state index contributed by atoms with van der Waals surface area (Å²) in [6.07, 6.45) is 2.53. The molecule has 1 aliphatic heterocycles. The molecule has 2 heterocycles. The second kappa shape index (κ2) is 3.93. The molecule has 1 aromatic heterocycles. The van der Waals surface area contributed by atoms with E-state index in [1.54, 1.807) is 6.20 Å². The van der Waals surface area contributed by atoms with E-state index in [1.807, 2.05) is 12.1 Å². The molecule has 0 aliphatic carbocycles. The van der Waals surface area contributed by atoms with Gasteiger partial charge in [-0.3, -0.25) is 0 Å². The Morgan fingerprint density at radius 1 is 1.64 bits per heavy atom. The minimum atomic E-state index is 0.0713. The highest BCUT2D eigenvalue weighted by Gasteiger charge is 2.22. The summed E-state index contributed by atoms with van der Waals surface area (Å²) >= 11 is 0. The van der Waals surface area contributed by atoms with Crippen LogP contribution in [0.5, 0.6) is 0 Å². The van der Waals surface area contributed by atoms with Crippen molar-refractivity contribution in [2.45, 2.75) is 12.5 Å². The van der Waals surface area contributed by atoms with Crippen molar-refractivity contribution in [2.24, 2.45) is 5.11 Å². The molecule has 14 heavy (non-hydrogen) atoms. The van der Waals surface area contributed by atoms with Gasteiger partial charge < -0.3 is 4.90 Å². The minimum Gasteiger partial charge on any atom is -0.355 e. The van der Waals surface area contributed by atoms with Gasteiger partial charge in [-0.2, -0.15) is 5.10 Å². The highest BCUT2D eigenvalue weighted by Crippen LogP contribution is 2.18.